The van der Waals surface area contributed by atoms with Gasteiger partial charge in [0.15, 0.2) is 0 Å². The Morgan fingerprint density at radius 2 is 1.74 bits per heavy atom. The van der Waals surface area contributed by atoms with Crippen molar-refractivity contribution in [2.75, 3.05) is 13.1 Å². The SMILES string of the molecule is CC[C@@H](NC(=O)C1CCN(S(=O)(=O)Cc2ccccc2C)CC1)c1ccc(C)cc1C. The van der Waals surface area contributed by atoms with E-state index in [1.54, 1.807) is 4.31 Å². The Balaban J connectivity index is 1.59. The fraction of sp³-hybridized carbons (Fsp3) is 0.480. The molecule has 1 aliphatic heterocycles. The molecule has 0 spiro atoms. The summed E-state index contributed by atoms with van der Waals surface area (Å²) in [7, 11) is -3.39. The number of sulfonamides is 1. The molecule has 0 unspecified atom stereocenters. The van der Waals surface area contributed by atoms with E-state index in [2.05, 4.69) is 44.3 Å². The van der Waals surface area contributed by atoms with Crippen molar-refractivity contribution in [2.45, 2.75) is 58.8 Å². The summed E-state index contributed by atoms with van der Waals surface area (Å²) in [5, 5.41) is 3.21. The van der Waals surface area contributed by atoms with Gasteiger partial charge < -0.3 is 5.32 Å². The molecule has 3 rings (SSSR count). The van der Waals surface area contributed by atoms with Crippen LogP contribution in [0.15, 0.2) is 42.5 Å². The lowest BCUT2D eigenvalue weighted by atomic mass is 9.94. The second-order valence-electron chi connectivity index (χ2n) is 8.69. The van der Waals surface area contributed by atoms with Gasteiger partial charge in [0.2, 0.25) is 15.9 Å². The van der Waals surface area contributed by atoms with Gasteiger partial charge in [-0.3, -0.25) is 4.79 Å². The molecule has 0 aromatic heterocycles. The Bertz CT molecular complexity index is 1020. The minimum atomic E-state index is -3.39. The summed E-state index contributed by atoms with van der Waals surface area (Å²) in [6.07, 6.45) is 1.93. The van der Waals surface area contributed by atoms with Crippen molar-refractivity contribution in [1.29, 1.82) is 0 Å². The Kier molecular flexibility index (Phi) is 7.55. The second-order valence-corrected chi connectivity index (χ2v) is 10.7. The highest BCUT2D eigenvalue weighted by Gasteiger charge is 2.32. The molecule has 0 aliphatic carbocycles. The zero-order chi connectivity index (χ0) is 22.6. The number of hydrogen-bond acceptors (Lipinski definition) is 3. The number of amides is 1. The largest absolute Gasteiger partial charge is 0.349 e. The maximum atomic E-state index is 12.9. The zero-order valence-corrected chi connectivity index (χ0v) is 19.8. The molecule has 5 nitrogen and oxygen atoms in total. The Morgan fingerprint density at radius 3 is 2.35 bits per heavy atom. The van der Waals surface area contributed by atoms with Crippen LogP contribution in [0.1, 0.15) is 60.0 Å². The molecule has 31 heavy (non-hydrogen) atoms. The minimum absolute atomic E-state index is 0.0150. The van der Waals surface area contributed by atoms with Crippen LogP contribution in [0.4, 0.5) is 0 Å². The van der Waals surface area contributed by atoms with Gasteiger partial charge in [-0.2, -0.15) is 0 Å². The lowest BCUT2D eigenvalue weighted by Gasteiger charge is -2.32. The van der Waals surface area contributed by atoms with Crippen LogP contribution in [0.3, 0.4) is 0 Å². The first-order valence-electron chi connectivity index (χ1n) is 11.1. The van der Waals surface area contributed by atoms with Crippen molar-refractivity contribution < 1.29 is 13.2 Å². The fourth-order valence-corrected chi connectivity index (χ4v) is 6.03. The second kappa shape index (κ2) is 9.96. The topological polar surface area (TPSA) is 66.5 Å². The quantitative estimate of drug-likeness (QED) is 0.690. The molecule has 0 radical (unpaired) electrons. The highest BCUT2D eigenvalue weighted by Crippen LogP contribution is 2.26. The van der Waals surface area contributed by atoms with Crippen LogP contribution in [0.5, 0.6) is 0 Å². The predicted molar refractivity (Wildman–Crippen MR) is 125 cm³/mol. The molecule has 2 aromatic rings. The molecular formula is C25H34N2O3S. The van der Waals surface area contributed by atoms with E-state index in [1.165, 1.54) is 11.1 Å². The molecule has 1 atom stereocenters. The van der Waals surface area contributed by atoms with E-state index in [0.29, 0.717) is 25.9 Å². The predicted octanol–water partition coefficient (Wildman–Crippen LogP) is 4.42. The number of nitrogens with zero attached hydrogens (tertiary/aromatic N) is 1. The number of nitrogens with one attached hydrogen (secondary N) is 1. The summed E-state index contributed by atoms with van der Waals surface area (Å²) in [6.45, 7) is 8.94. The molecule has 2 aromatic carbocycles. The summed E-state index contributed by atoms with van der Waals surface area (Å²) in [5.41, 5.74) is 5.37. The highest BCUT2D eigenvalue weighted by molar-refractivity contribution is 7.88. The Labute approximate surface area is 186 Å². The van der Waals surface area contributed by atoms with E-state index in [-0.39, 0.29) is 23.6 Å². The first kappa shape index (κ1) is 23.5. The van der Waals surface area contributed by atoms with Gasteiger partial charge in [0.1, 0.15) is 0 Å². The number of carbonyl (C=O) groups is 1. The summed E-state index contributed by atoms with van der Waals surface area (Å²) in [6, 6.07) is 13.9. The van der Waals surface area contributed by atoms with Crippen molar-refractivity contribution >= 4 is 15.9 Å². The van der Waals surface area contributed by atoms with Gasteiger partial charge in [-0.15, -0.1) is 0 Å². The first-order chi connectivity index (χ1) is 14.7. The van der Waals surface area contributed by atoms with Gasteiger partial charge in [0.25, 0.3) is 0 Å². The van der Waals surface area contributed by atoms with Crippen LogP contribution in [-0.4, -0.2) is 31.7 Å². The number of rotatable bonds is 7. The van der Waals surface area contributed by atoms with Crippen molar-refractivity contribution in [3.63, 3.8) is 0 Å². The van der Waals surface area contributed by atoms with Crippen LogP contribution in [-0.2, 0) is 20.6 Å². The number of piperidine rings is 1. The maximum absolute atomic E-state index is 12.9. The summed E-state index contributed by atoms with van der Waals surface area (Å²) in [5.74, 6) is -0.103. The summed E-state index contributed by atoms with van der Waals surface area (Å²) in [4.78, 5) is 12.9. The van der Waals surface area contributed by atoms with Gasteiger partial charge in [0, 0.05) is 19.0 Å². The zero-order valence-electron chi connectivity index (χ0n) is 19.0. The van der Waals surface area contributed by atoms with Crippen LogP contribution >= 0.6 is 0 Å². The number of hydrogen-bond donors (Lipinski definition) is 1. The molecule has 168 valence electrons. The smallest absolute Gasteiger partial charge is 0.223 e. The number of benzene rings is 2. The summed E-state index contributed by atoms with van der Waals surface area (Å²) >= 11 is 0. The molecule has 1 saturated heterocycles. The summed E-state index contributed by atoms with van der Waals surface area (Å²) < 4.78 is 27.3. The Morgan fingerprint density at radius 1 is 1.06 bits per heavy atom. The maximum Gasteiger partial charge on any atom is 0.223 e. The molecule has 1 aliphatic rings. The fourth-order valence-electron chi connectivity index (χ4n) is 4.36. The Hall–Kier alpha value is -2.18. The monoisotopic (exact) mass is 442 g/mol. The van der Waals surface area contributed by atoms with Gasteiger partial charge in [-0.1, -0.05) is 55.0 Å². The van der Waals surface area contributed by atoms with Crippen LogP contribution in [0.2, 0.25) is 0 Å². The van der Waals surface area contributed by atoms with Crippen LogP contribution in [0, 0.1) is 26.7 Å². The number of aryl methyl sites for hydroxylation is 3. The van der Waals surface area contributed by atoms with E-state index in [0.717, 1.165) is 23.1 Å². The third-order valence-electron chi connectivity index (χ3n) is 6.34. The van der Waals surface area contributed by atoms with E-state index < -0.39 is 10.0 Å². The standard InChI is InChI=1S/C25H34N2O3S/c1-5-24(23-11-10-18(2)16-20(23)4)26-25(28)21-12-14-27(15-13-21)31(29,30)17-22-9-7-6-8-19(22)3/h6-11,16,21,24H,5,12-15,17H2,1-4H3,(H,26,28)/t24-/m1/s1. The average Bonchev–Trinajstić information content (AvgIpc) is 2.74. The van der Waals surface area contributed by atoms with Gasteiger partial charge in [-0.05, 0) is 62.3 Å². The third kappa shape index (κ3) is 5.74. The molecule has 0 saturated carbocycles. The van der Waals surface area contributed by atoms with Crippen LogP contribution in [0.25, 0.3) is 0 Å². The molecule has 1 amide bonds. The van der Waals surface area contributed by atoms with E-state index in [1.807, 2.05) is 31.2 Å². The number of carbonyl (C=O) groups excluding carboxylic acids is 1. The lowest BCUT2D eigenvalue weighted by molar-refractivity contribution is -0.126. The highest BCUT2D eigenvalue weighted by atomic mass is 32.2. The third-order valence-corrected chi connectivity index (χ3v) is 8.17. The first-order valence-corrected chi connectivity index (χ1v) is 12.7. The lowest BCUT2D eigenvalue weighted by Crippen LogP contribution is -2.44. The van der Waals surface area contributed by atoms with Gasteiger partial charge in [-0.25, -0.2) is 12.7 Å². The molecule has 6 heteroatoms. The van der Waals surface area contributed by atoms with Gasteiger partial charge >= 0.3 is 0 Å². The van der Waals surface area contributed by atoms with E-state index in [4.69, 9.17) is 0 Å². The minimum Gasteiger partial charge on any atom is -0.349 e. The normalized spacial score (nSPS) is 16.8. The molecule has 1 heterocycles. The molecule has 0 bridgehead atoms. The van der Waals surface area contributed by atoms with Crippen molar-refractivity contribution in [3.8, 4) is 0 Å². The average molecular weight is 443 g/mol. The van der Waals surface area contributed by atoms with E-state index >= 15 is 0 Å². The van der Waals surface area contributed by atoms with Crippen LogP contribution < -0.4 is 5.32 Å². The molecule has 1 fully saturated rings. The molecular weight excluding hydrogens is 408 g/mol. The van der Waals surface area contributed by atoms with E-state index in [9.17, 15) is 13.2 Å². The van der Waals surface area contributed by atoms with Crippen molar-refractivity contribution in [1.82, 2.24) is 9.62 Å². The van der Waals surface area contributed by atoms with Crippen molar-refractivity contribution in [3.05, 3.63) is 70.3 Å². The van der Waals surface area contributed by atoms with Gasteiger partial charge in [0.05, 0.1) is 11.8 Å². The van der Waals surface area contributed by atoms with Crippen molar-refractivity contribution in [2.24, 2.45) is 5.92 Å². The molecule has 1 N–H and O–H groups in total.